The lowest BCUT2D eigenvalue weighted by Crippen LogP contribution is -2.30. The second-order valence-electron chi connectivity index (χ2n) is 5.94. The second kappa shape index (κ2) is 8.68. The van der Waals surface area contributed by atoms with Crippen molar-refractivity contribution in [1.29, 1.82) is 0 Å². The number of sulfonamides is 1. The Balaban J connectivity index is 2.36. The van der Waals surface area contributed by atoms with Crippen LogP contribution in [-0.2, 0) is 10.0 Å². The summed E-state index contributed by atoms with van der Waals surface area (Å²) in [4.78, 5) is 22.7. The summed E-state index contributed by atoms with van der Waals surface area (Å²) in [5.41, 5.74) is 0.802. The molecule has 8 nitrogen and oxygen atoms in total. The van der Waals surface area contributed by atoms with E-state index < -0.39 is 20.9 Å². The fraction of sp³-hybridized carbons (Fsp3) is 0.278. The third-order valence-corrected chi connectivity index (χ3v) is 6.71. The molecule has 0 spiro atoms. The lowest BCUT2D eigenvalue weighted by Gasteiger charge is -2.19. The molecule has 0 atom stereocenters. The van der Waals surface area contributed by atoms with Crippen LogP contribution in [-0.4, -0.2) is 36.6 Å². The lowest BCUT2D eigenvalue weighted by atomic mass is 10.1. The van der Waals surface area contributed by atoms with Crippen LogP contribution in [0.4, 0.5) is 11.4 Å². The summed E-state index contributed by atoms with van der Waals surface area (Å²) < 4.78 is 26.8. The molecule has 0 heterocycles. The van der Waals surface area contributed by atoms with Crippen molar-refractivity contribution in [3.8, 4) is 0 Å². The van der Waals surface area contributed by atoms with Crippen LogP contribution in [0.15, 0.2) is 41.3 Å². The Hall–Kier alpha value is -2.49. The number of halogens is 1. The van der Waals surface area contributed by atoms with E-state index in [1.54, 1.807) is 20.8 Å². The molecule has 10 heteroatoms. The first kappa shape index (κ1) is 21.8. The van der Waals surface area contributed by atoms with E-state index >= 15 is 0 Å². The zero-order valence-corrected chi connectivity index (χ0v) is 17.2. The van der Waals surface area contributed by atoms with E-state index in [4.69, 9.17) is 11.6 Å². The van der Waals surface area contributed by atoms with Crippen LogP contribution in [0, 0.1) is 17.0 Å². The van der Waals surface area contributed by atoms with Crippen molar-refractivity contribution >= 4 is 38.9 Å². The number of nitrogens with one attached hydrogen (secondary N) is 1. The number of anilines is 1. The van der Waals surface area contributed by atoms with Gasteiger partial charge in [0.2, 0.25) is 10.0 Å². The van der Waals surface area contributed by atoms with Crippen molar-refractivity contribution in [3.05, 3.63) is 62.7 Å². The molecule has 0 fully saturated rings. The normalized spacial score (nSPS) is 11.5. The van der Waals surface area contributed by atoms with Crippen LogP contribution in [0.1, 0.15) is 29.8 Å². The quantitative estimate of drug-likeness (QED) is 0.535. The number of nitrogens with zero attached hydrogens (tertiary/aromatic N) is 2. The van der Waals surface area contributed by atoms with Crippen molar-refractivity contribution in [2.45, 2.75) is 25.7 Å². The first-order valence-corrected chi connectivity index (χ1v) is 10.3. The number of amides is 1. The van der Waals surface area contributed by atoms with E-state index in [-0.39, 0.29) is 39.9 Å². The topological polar surface area (TPSA) is 110 Å². The van der Waals surface area contributed by atoms with Crippen molar-refractivity contribution in [2.24, 2.45) is 0 Å². The minimum absolute atomic E-state index is 0.0522. The zero-order valence-electron chi connectivity index (χ0n) is 15.6. The summed E-state index contributed by atoms with van der Waals surface area (Å²) in [6.07, 6.45) is 0. The smallest absolute Gasteiger partial charge is 0.269 e. The first-order valence-electron chi connectivity index (χ1n) is 8.47. The molecule has 0 saturated carbocycles. The van der Waals surface area contributed by atoms with Gasteiger partial charge < -0.3 is 5.32 Å². The van der Waals surface area contributed by atoms with Gasteiger partial charge in [0.1, 0.15) is 4.90 Å². The lowest BCUT2D eigenvalue weighted by molar-refractivity contribution is -0.384. The molecule has 0 saturated heterocycles. The molecular formula is C18H20ClN3O5S. The van der Waals surface area contributed by atoms with Crippen molar-refractivity contribution < 1.29 is 18.1 Å². The number of aryl methyl sites for hydroxylation is 1. The van der Waals surface area contributed by atoms with Crippen LogP contribution >= 0.6 is 11.6 Å². The molecule has 0 radical (unpaired) electrons. The van der Waals surface area contributed by atoms with E-state index in [0.29, 0.717) is 5.56 Å². The Morgan fingerprint density at radius 1 is 1.18 bits per heavy atom. The van der Waals surface area contributed by atoms with Gasteiger partial charge in [-0.1, -0.05) is 25.4 Å². The van der Waals surface area contributed by atoms with E-state index in [9.17, 15) is 23.3 Å². The fourth-order valence-electron chi connectivity index (χ4n) is 2.70. The minimum atomic E-state index is -3.80. The maximum atomic E-state index is 12.7. The van der Waals surface area contributed by atoms with Crippen molar-refractivity contribution in [2.75, 3.05) is 18.4 Å². The van der Waals surface area contributed by atoms with Gasteiger partial charge in [0.25, 0.3) is 11.6 Å². The third-order valence-electron chi connectivity index (χ3n) is 4.18. The molecular weight excluding hydrogens is 406 g/mol. The average molecular weight is 426 g/mol. The summed E-state index contributed by atoms with van der Waals surface area (Å²) in [5.74, 6) is -0.513. The number of carbonyl (C=O) groups excluding carboxylic acids is 1. The van der Waals surface area contributed by atoms with E-state index in [1.165, 1.54) is 40.7 Å². The van der Waals surface area contributed by atoms with E-state index in [0.717, 1.165) is 0 Å². The summed E-state index contributed by atoms with van der Waals surface area (Å²) in [5, 5.41) is 13.5. The predicted molar refractivity (Wildman–Crippen MR) is 107 cm³/mol. The number of rotatable bonds is 7. The molecule has 2 aromatic rings. The number of non-ortho nitro benzene ring substituents is 1. The highest BCUT2D eigenvalue weighted by atomic mass is 35.5. The molecule has 150 valence electrons. The van der Waals surface area contributed by atoms with Crippen LogP contribution < -0.4 is 5.32 Å². The van der Waals surface area contributed by atoms with E-state index in [1.807, 2.05) is 0 Å². The maximum Gasteiger partial charge on any atom is 0.269 e. The molecule has 2 rings (SSSR count). The van der Waals surface area contributed by atoms with Crippen molar-refractivity contribution in [3.63, 3.8) is 0 Å². The van der Waals surface area contributed by atoms with Crippen molar-refractivity contribution in [1.82, 2.24) is 4.31 Å². The zero-order chi connectivity index (χ0) is 21.1. The summed E-state index contributed by atoms with van der Waals surface area (Å²) in [6, 6.07) is 8.08. The molecule has 0 aliphatic heterocycles. The van der Waals surface area contributed by atoms with Gasteiger partial charge in [0, 0.05) is 36.5 Å². The van der Waals surface area contributed by atoms with Gasteiger partial charge in [0.15, 0.2) is 0 Å². The highest BCUT2D eigenvalue weighted by Gasteiger charge is 2.25. The van der Waals surface area contributed by atoms with Crippen LogP contribution in [0.5, 0.6) is 0 Å². The predicted octanol–water partition coefficient (Wildman–Crippen LogP) is 3.84. The second-order valence-corrected chi connectivity index (χ2v) is 8.26. The van der Waals surface area contributed by atoms with Gasteiger partial charge >= 0.3 is 0 Å². The standard InChI is InChI=1S/C18H20ClN3O5S/c1-4-21(5-2)28(26,27)17-11-13(6-9-16(17)19)20-18(23)15-8-7-14(22(24)25)10-12(15)3/h6-11H,4-5H2,1-3H3,(H,20,23). The SMILES string of the molecule is CCN(CC)S(=O)(=O)c1cc(NC(=O)c2ccc([N+](=O)[O-])cc2C)ccc1Cl. The number of benzene rings is 2. The number of nitro groups is 1. The summed E-state index contributed by atoms with van der Waals surface area (Å²) in [7, 11) is -3.80. The fourth-order valence-corrected chi connectivity index (χ4v) is 4.65. The Kier molecular flexibility index (Phi) is 6.76. The van der Waals surface area contributed by atoms with Gasteiger partial charge in [-0.3, -0.25) is 14.9 Å². The Morgan fingerprint density at radius 2 is 1.82 bits per heavy atom. The van der Waals surface area contributed by atoms with Crippen LogP contribution in [0.25, 0.3) is 0 Å². The maximum absolute atomic E-state index is 12.7. The molecule has 0 aliphatic rings. The monoisotopic (exact) mass is 425 g/mol. The third kappa shape index (κ3) is 4.49. The number of nitro benzene ring substituents is 1. The van der Waals surface area contributed by atoms with Gasteiger partial charge in [-0.15, -0.1) is 0 Å². The average Bonchev–Trinajstić information content (AvgIpc) is 2.63. The highest BCUT2D eigenvalue weighted by molar-refractivity contribution is 7.89. The Labute approximate surface area is 168 Å². The molecule has 0 unspecified atom stereocenters. The van der Waals surface area contributed by atoms with Gasteiger partial charge in [-0.25, -0.2) is 8.42 Å². The molecule has 1 amide bonds. The van der Waals surface area contributed by atoms with Gasteiger partial charge in [-0.2, -0.15) is 4.31 Å². The largest absolute Gasteiger partial charge is 0.322 e. The molecule has 0 bridgehead atoms. The number of hydrogen-bond acceptors (Lipinski definition) is 5. The summed E-state index contributed by atoms with van der Waals surface area (Å²) in [6.45, 7) is 5.59. The molecule has 1 N–H and O–H groups in total. The number of hydrogen-bond donors (Lipinski definition) is 1. The van der Waals surface area contributed by atoms with Gasteiger partial charge in [-0.05, 0) is 36.8 Å². The molecule has 0 aromatic heterocycles. The van der Waals surface area contributed by atoms with E-state index in [2.05, 4.69) is 5.32 Å². The molecule has 28 heavy (non-hydrogen) atoms. The molecule has 0 aliphatic carbocycles. The first-order chi connectivity index (χ1) is 13.1. The minimum Gasteiger partial charge on any atom is -0.322 e. The summed E-state index contributed by atoms with van der Waals surface area (Å²) >= 11 is 6.08. The highest BCUT2D eigenvalue weighted by Crippen LogP contribution is 2.28. The van der Waals surface area contributed by atoms with Crippen LogP contribution in [0.3, 0.4) is 0 Å². The molecule has 2 aromatic carbocycles. The van der Waals surface area contributed by atoms with Gasteiger partial charge in [0.05, 0.1) is 9.95 Å². The Morgan fingerprint density at radius 3 is 2.36 bits per heavy atom. The Bertz CT molecular complexity index is 1020. The number of carbonyl (C=O) groups is 1. The van der Waals surface area contributed by atoms with Crippen LogP contribution in [0.2, 0.25) is 5.02 Å².